The summed E-state index contributed by atoms with van der Waals surface area (Å²) in [6, 6.07) is 7.38. The van der Waals surface area contributed by atoms with Gasteiger partial charge >= 0.3 is 5.97 Å². The van der Waals surface area contributed by atoms with Crippen molar-refractivity contribution >= 4 is 23.4 Å². The first-order valence-corrected chi connectivity index (χ1v) is 7.36. The second-order valence-electron chi connectivity index (χ2n) is 5.68. The predicted octanol–water partition coefficient (Wildman–Crippen LogP) is 3.60. The number of hydrogen-bond acceptors (Lipinski definition) is 3. The Hall–Kier alpha value is -1.61. The molecule has 0 radical (unpaired) electrons. The van der Waals surface area contributed by atoms with Crippen molar-refractivity contribution in [2.24, 2.45) is 11.3 Å². The number of esters is 1. The van der Waals surface area contributed by atoms with E-state index < -0.39 is 11.4 Å². The van der Waals surface area contributed by atoms with Crippen molar-refractivity contribution in [3.8, 4) is 0 Å². The summed E-state index contributed by atoms with van der Waals surface area (Å²) in [7, 11) is 1.33. The van der Waals surface area contributed by atoms with Crippen molar-refractivity contribution in [1.29, 1.82) is 0 Å². The Balaban J connectivity index is 2.23. The summed E-state index contributed by atoms with van der Waals surface area (Å²) in [6.45, 7) is 3.77. The molecule has 21 heavy (non-hydrogen) atoms. The van der Waals surface area contributed by atoms with Gasteiger partial charge in [0.1, 0.15) is 5.41 Å². The number of Topliss-reactive ketones (excluding diaryl/α,β-unsaturated/α-hetero) is 1. The van der Waals surface area contributed by atoms with Crippen LogP contribution in [0.5, 0.6) is 0 Å². The lowest BCUT2D eigenvalue weighted by Gasteiger charge is -2.29. The zero-order chi connectivity index (χ0) is 15.6. The van der Waals surface area contributed by atoms with E-state index in [0.29, 0.717) is 23.4 Å². The highest BCUT2D eigenvalue weighted by Gasteiger charge is 2.52. The lowest BCUT2D eigenvalue weighted by molar-refractivity contribution is -0.159. The van der Waals surface area contributed by atoms with Gasteiger partial charge < -0.3 is 4.74 Å². The van der Waals surface area contributed by atoms with E-state index in [1.165, 1.54) is 7.11 Å². The first kappa shape index (κ1) is 15.8. The van der Waals surface area contributed by atoms with E-state index in [0.717, 1.165) is 5.56 Å². The number of carbonyl (C=O) groups is 2. The molecular weight excluding hydrogens is 288 g/mol. The second-order valence-corrected chi connectivity index (χ2v) is 6.12. The van der Waals surface area contributed by atoms with Crippen molar-refractivity contribution in [2.75, 3.05) is 7.11 Å². The van der Waals surface area contributed by atoms with Gasteiger partial charge in [-0.3, -0.25) is 9.59 Å². The number of benzene rings is 1. The van der Waals surface area contributed by atoms with E-state index in [4.69, 9.17) is 16.3 Å². The van der Waals surface area contributed by atoms with Gasteiger partial charge in [-0.05, 0) is 35.6 Å². The summed E-state index contributed by atoms with van der Waals surface area (Å²) >= 11 is 5.86. The van der Waals surface area contributed by atoms with Gasteiger partial charge in [-0.1, -0.05) is 43.7 Å². The molecule has 0 aliphatic heterocycles. The summed E-state index contributed by atoms with van der Waals surface area (Å²) in [5.41, 5.74) is 0.621. The van der Waals surface area contributed by atoms with Crippen LogP contribution in [-0.2, 0) is 20.7 Å². The quantitative estimate of drug-likeness (QED) is 0.630. The van der Waals surface area contributed by atoms with Crippen LogP contribution < -0.4 is 0 Å². The van der Waals surface area contributed by atoms with E-state index >= 15 is 0 Å². The highest BCUT2D eigenvalue weighted by Crippen LogP contribution is 2.42. The minimum atomic E-state index is -1.06. The number of ether oxygens (including phenoxy) is 1. The van der Waals surface area contributed by atoms with E-state index in [9.17, 15) is 9.59 Å². The molecule has 1 aliphatic rings. The van der Waals surface area contributed by atoms with Gasteiger partial charge in [-0.25, -0.2) is 0 Å². The maximum Gasteiger partial charge on any atom is 0.320 e. The molecule has 0 heterocycles. The van der Waals surface area contributed by atoms with Crippen LogP contribution in [0.25, 0.3) is 0 Å². The third-order valence-electron chi connectivity index (χ3n) is 4.21. The summed E-state index contributed by atoms with van der Waals surface area (Å²) in [4.78, 5) is 24.9. The SMILES string of the molecule is COC(=O)C1(C(C)C)CC=C(Cc2ccc(Cl)cc2)C1=O. The standard InChI is InChI=1S/C17H19ClO3/c1-11(2)17(16(20)21-3)9-8-13(15(17)19)10-12-4-6-14(18)7-5-12/h4-8,11H,9-10H2,1-3H3. The fourth-order valence-corrected chi connectivity index (χ4v) is 2.95. The molecule has 3 nitrogen and oxygen atoms in total. The molecule has 0 spiro atoms. The van der Waals surface area contributed by atoms with Crippen LogP contribution in [0.1, 0.15) is 25.8 Å². The zero-order valence-corrected chi connectivity index (χ0v) is 13.2. The minimum absolute atomic E-state index is 0.101. The molecule has 1 aromatic carbocycles. The summed E-state index contributed by atoms with van der Waals surface area (Å²) < 4.78 is 4.87. The zero-order valence-electron chi connectivity index (χ0n) is 12.5. The highest BCUT2D eigenvalue weighted by atomic mass is 35.5. The van der Waals surface area contributed by atoms with Crippen LogP contribution in [0.15, 0.2) is 35.9 Å². The minimum Gasteiger partial charge on any atom is -0.468 e. The Bertz CT molecular complexity index is 587. The van der Waals surface area contributed by atoms with Crippen LogP contribution in [0.3, 0.4) is 0 Å². The monoisotopic (exact) mass is 306 g/mol. The number of ketones is 1. The van der Waals surface area contributed by atoms with Gasteiger partial charge in [0.2, 0.25) is 0 Å². The van der Waals surface area contributed by atoms with Crippen molar-refractivity contribution in [3.63, 3.8) is 0 Å². The van der Waals surface area contributed by atoms with Gasteiger partial charge in [0.15, 0.2) is 5.78 Å². The Labute approximate surface area is 129 Å². The number of rotatable bonds is 4. The van der Waals surface area contributed by atoms with Crippen LogP contribution >= 0.6 is 11.6 Å². The van der Waals surface area contributed by atoms with Gasteiger partial charge in [0.25, 0.3) is 0 Å². The number of carbonyl (C=O) groups excluding carboxylic acids is 2. The fourth-order valence-electron chi connectivity index (χ4n) is 2.82. The second kappa shape index (κ2) is 6.02. The van der Waals surface area contributed by atoms with Gasteiger partial charge in [0, 0.05) is 11.4 Å². The number of halogens is 1. The van der Waals surface area contributed by atoms with Gasteiger partial charge in [-0.15, -0.1) is 0 Å². The summed E-state index contributed by atoms with van der Waals surface area (Å²) in [5, 5.41) is 0.663. The third kappa shape index (κ3) is 2.75. The molecule has 0 N–H and O–H groups in total. The van der Waals surface area contributed by atoms with Crippen molar-refractivity contribution < 1.29 is 14.3 Å². The van der Waals surface area contributed by atoms with E-state index in [-0.39, 0.29) is 11.7 Å². The molecule has 2 rings (SSSR count). The first-order valence-electron chi connectivity index (χ1n) is 6.98. The smallest absolute Gasteiger partial charge is 0.320 e. The largest absolute Gasteiger partial charge is 0.468 e. The molecule has 1 unspecified atom stereocenters. The number of methoxy groups -OCH3 is 1. The number of allylic oxidation sites excluding steroid dienone is 2. The van der Waals surface area contributed by atoms with Crippen LogP contribution in [0.4, 0.5) is 0 Å². The van der Waals surface area contributed by atoms with E-state index in [1.807, 2.05) is 32.1 Å². The molecule has 0 saturated carbocycles. The maximum atomic E-state index is 12.7. The van der Waals surface area contributed by atoms with Crippen molar-refractivity contribution in [3.05, 3.63) is 46.5 Å². The van der Waals surface area contributed by atoms with Gasteiger partial charge in [-0.2, -0.15) is 0 Å². The Kier molecular flexibility index (Phi) is 4.52. The maximum absolute atomic E-state index is 12.7. The normalized spacial score (nSPS) is 21.6. The Morgan fingerprint density at radius 1 is 1.33 bits per heavy atom. The summed E-state index contributed by atoms with van der Waals surface area (Å²) in [5.74, 6) is -0.652. The lowest BCUT2D eigenvalue weighted by atomic mass is 9.73. The van der Waals surface area contributed by atoms with Crippen molar-refractivity contribution in [2.45, 2.75) is 26.7 Å². The third-order valence-corrected chi connectivity index (χ3v) is 4.46. The van der Waals surface area contributed by atoms with Crippen LogP contribution in [0, 0.1) is 11.3 Å². The number of hydrogen-bond donors (Lipinski definition) is 0. The molecule has 0 fully saturated rings. The van der Waals surface area contributed by atoms with E-state index in [1.54, 1.807) is 12.1 Å². The lowest BCUT2D eigenvalue weighted by Crippen LogP contribution is -2.42. The molecule has 112 valence electrons. The first-order chi connectivity index (χ1) is 9.91. The van der Waals surface area contributed by atoms with Crippen molar-refractivity contribution in [1.82, 2.24) is 0 Å². The Morgan fingerprint density at radius 2 is 1.95 bits per heavy atom. The molecule has 0 saturated heterocycles. The van der Waals surface area contributed by atoms with Gasteiger partial charge in [0.05, 0.1) is 7.11 Å². The molecule has 0 aromatic heterocycles. The van der Waals surface area contributed by atoms with Crippen LogP contribution in [0.2, 0.25) is 5.02 Å². The average molecular weight is 307 g/mol. The van der Waals surface area contributed by atoms with E-state index in [2.05, 4.69) is 0 Å². The molecule has 4 heteroatoms. The summed E-state index contributed by atoms with van der Waals surface area (Å²) in [6.07, 6.45) is 2.80. The molecule has 0 bridgehead atoms. The Morgan fingerprint density at radius 3 is 2.48 bits per heavy atom. The van der Waals surface area contributed by atoms with Crippen LogP contribution in [-0.4, -0.2) is 18.9 Å². The fraction of sp³-hybridized carbons (Fsp3) is 0.412. The average Bonchev–Trinajstić information content (AvgIpc) is 2.79. The molecule has 0 amide bonds. The molecule has 1 atom stereocenters. The highest BCUT2D eigenvalue weighted by molar-refractivity contribution is 6.30. The molecular formula is C17H19ClO3. The molecule has 1 aliphatic carbocycles. The molecule has 1 aromatic rings. The predicted molar refractivity (Wildman–Crippen MR) is 82.2 cm³/mol. The topological polar surface area (TPSA) is 43.4 Å².